The number of pyridine rings is 1. The van der Waals surface area contributed by atoms with Crippen molar-refractivity contribution in [2.24, 2.45) is 0 Å². The lowest BCUT2D eigenvalue weighted by Crippen LogP contribution is -2.11. The zero-order chi connectivity index (χ0) is 20.3. The molecular formula is C22H20BrNO3S. The molecule has 0 N–H and O–H groups in total. The molecule has 0 amide bonds. The van der Waals surface area contributed by atoms with Crippen molar-refractivity contribution in [3.05, 3.63) is 93.7 Å². The molecule has 2 aromatic carbocycles. The van der Waals surface area contributed by atoms with Crippen molar-refractivity contribution in [1.82, 2.24) is 4.98 Å². The van der Waals surface area contributed by atoms with Gasteiger partial charge in [-0.05, 0) is 53.4 Å². The molecule has 6 heteroatoms. The summed E-state index contributed by atoms with van der Waals surface area (Å²) < 4.78 is 26.6. The molecule has 0 fully saturated rings. The average molecular weight is 458 g/mol. The van der Waals surface area contributed by atoms with Crippen LogP contribution in [-0.2, 0) is 15.6 Å². The van der Waals surface area contributed by atoms with E-state index >= 15 is 0 Å². The van der Waals surface area contributed by atoms with Crippen LogP contribution in [-0.4, -0.2) is 19.2 Å². The van der Waals surface area contributed by atoms with Gasteiger partial charge in [0.05, 0.1) is 10.6 Å². The SMILES string of the molecule is CC(C)c1ccc(S(=O)(=O)Cc2ccc(Br)cc2C(=O)c2ccncc2)cc1. The maximum Gasteiger partial charge on any atom is 0.193 e. The van der Waals surface area contributed by atoms with Crippen molar-refractivity contribution in [2.75, 3.05) is 0 Å². The molecule has 0 aliphatic carbocycles. The zero-order valence-electron chi connectivity index (χ0n) is 15.6. The fourth-order valence-electron chi connectivity index (χ4n) is 2.89. The Bertz CT molecular complexity index is 1090. The number of carbonyl (C=O) groups excluding carboxylic acids is 1. The Balaban J connectivity index is 1.97. The van der Waals surface area contributed by atoms with Crippen LogP contribution in [0.1, 0.15) is 46.8 Å². The summed E-state index contributed by atoms with van der Waals surface area (Å²) in [6, 6.07) is 15.3. The molecule has 1 aromatic heterocycles. The molecule has 0 atom stereocenters. The van der Waals surface area contributed by atoms with E-state index in [-0.39, 0.29) is 16.4 Å². The minimum Gasteiger partial charge on any atom is -0.289 e. The summed E-state index contributed by atoms with van der Waals surface area (Å²) in [7, 11) is -3.59. The minimum atomic E-state index is -3.59. The molecule has 28 heavy (non-hydrogen) atoms. The Morgan fingerprint density at radius 2 is 1.64 bits per heavy atom. The van der Waals surface area contributed by atoms with Gasteiger partial charge < -0.3 is 0 Å². The molecule has 0 radical (unpaired) electrons. The first-order chi connectivity index (χ1) is 13.3. The Morgan fingerprint density at radius 3 is 2.25 bits per heavy atom. The van der Waals surface area contributed by atoms with Gasteiger partial charge in [0.25, 0.3) is 0 Å². The molecule has 0 unspecified atom stereocenters. The summed E-state index contributed by atoms with van der Waals surface area (Å²) in [5.74, 6) is -0.148. The van der Waals surface area contributed by atoms with Crippen molar-refractivity contribution in [2.45, 2.75) is 30.4 Å². The number of aromatic nitrogens is 1. The highest BCUT2D eigenvalue weighted by Crippen LogP contribution is 2.25. The first-order valence-electron chi connectivity index (χ1n) is 8.84. The number of nitrogens with zero attached hydrogens (tertiary/aromatic N) is 1. The third-order valence-electron chi connectivity index (χ3n) is 4.51. The summed E-state index contributed by atoms with van der Waals surface area (Å²) in [6.07, 6.45) is 3.08. The zero-order valence-corrected chi connectivity index (χ0v) is 18.0. The third-order valence-corrected chi connectivity index (χ3v) is 6.69. The van der Waals surface area contributed by atoms with E-state index in [4.69, 9.17) is 0 Å². The van der Waals surface area contributed by atoms with E-state index < -0.39 is 9.84 Å². The van der Waals surface area contributed by atoms with E-state index in [1.807, 2.05) is 12.1 Å². The lowest BCUT2D eigenvalue weighted by molar-refractivity contribution is 0.103. The average Bonchev–Trinajstić information content (AvgIpc) is 2.69. The summed E-state index contributed by atoms with van der Waals surface area (Å²) in [6.45, 7) is 4.12. The number of ketones is 1. The first-order valence-corrected chi connectivity index (χ1v) is 11.3. The lowest BCUT2D eigenvalue weighted by Gasteiger charge is -2.12. The van der Waals surface area contributed by atoms with Crippen molar-refractivity contribution in [3.8, 4) is 0 Å². The van der Waals surface area contributed by atoms with Crippen molar-refractivity contribution in [3.63, 3.8) is 0 Å². The number of benzene rings is 2. The fourth-order valence-corrected chi connectivity index (χ4v) is 4.63. The Hall–Kier alpha value is -2.31. The predicted molar refractivity (Wildman–Crippen MR) is 113 cm³/mol. The Kier molecular flexibility index (Phi) is 6.10. The highest BCUT2D eigenvalue weighted by atomic mass is 79.9. The molecular weight excluding hydrogens is 438 g/mol. The van der Waals surface area contributed by atoms with Crippen molar-refractivity contribution >= 4 is 31.6 Å². The van der Waals surface area contributed by atoms with Gasteiger partial charge in [-0.25, -0.2) is 8.42 Å². The van der Waals surface area contributed by atoms with E-state index in [2.05, 4.69) is 34.8 Å². The van der Waals surface area contributed by atoms with Crippen LogP contribution < -0.4 is 0 Å². The number of sulfone groups is 1. The molecule has 144 valence electrons. The van der Waals surface area contributed by atoms with Gasteiger partial charge in [0.1, 0.15) is 0 Å². The van der Waals surface area contributed by atoms with Gasteiger partial charge in [-0.15, -0.1) is 0 Å². The molecule has 0 saturated heterocycles. The molecule has 0 aliphatic heterocycles. The number of hydrogen-bond acceptors (Lipinski definition) is 4. The van der Waals surface area contributed by atoms with E-state index in [0.29, 0.717) is 27.1 Å². The molecule has 0 aliphatic rings. The summed E-state index contributed by atoms with van der Waals surface area (Å²) in [5.41, 5.74) is 2.38. The number of carbonyl (C=O) groups is 1. The van der Waals surface area contributed by atoms with E-state index in [9.17, 15) is 13.2 Å². The third kappa shape index (κ3) is 4.56. The first kappa shape index (κ1) is 20.4. The van der Waals surface area contributed by atoms with Gasteiger partial charge in [0.2, 0.25) is 0 Å². The van der Waals surface area contributed by atoms with Crippen LogP contribution in [0.2, 0.25) is 0 Å². The second kappa shape index (κ2) is 8.37. The predicted octanol–water partition coefficient (Wildman–Crippen LogP) is 5.17. The lowest BCUT2D eigenvalue weighted by atomic mass is 10.00. The second-order valence-corrected chi connectivity index (χ2v) is 9.75. The number of rotatable bonds is 6. The highest BCUT2D eigenvalue weighted by molar-refractivity contribution is 9.10. The number of halogens is 1. The molecule has 0 bridgehead atoms. The maximum atomic E-state index is 12.9. The molecule has 3 rings (SSSR count). The standard InChI is InChI=1S/C22H20BrNO3S/c1-15(2)16-4-7-20(8-5-16)28(26,27)14-18-3-6-19(23)13-21(18)22(25)17-9-11-24-12-10-17/h3-13,15H,14H2,1-2H3. The van der Waals surface area contributed by atoms with Crippen LogP contribution in [0.25, 0.3) is 0 Å². The highest BCUT2D eigenvalue weighted by Gasteiger charge is 2.21. The number of hydrogen-bond donors (Lipinski definition) is 0. The molecule has 0 saturated carbocycles. The van der Waals surface area contributed by atoms with Crippen LogP contribution in [0.4, 0.5) is 0 Å². The second-order valence-electron chi connectivity index (χ2n) is 6.85. The van der Waals surface area contributed by atoms with Crippen molar-refractivity contribution in [1.29, 1.82) is 0 Å². The minimum absolute atomic E-state index is 0.232. The summed E-state index contributed by atoms with van der Waals surface area (Å²) >= 11 is 3.37. The normalized spacial score (nSPS) is 11.6. The summed E-state index contributed by atoms with van der Waals surface area (Å²) in [4.78, 5) is 17.1. The van der Waals surface area contributed by atoms with Crippen molar-refractivity contribution < 1.29 is 13.2 Å². The van der Waals surface area contributed by atoms with Crippen LogP contribution >= 0.6 is 15.9 Å². The van der Waals surface area contributed by atoms with E-state index in [1.54, 1.807) is 42.5 Å². The topological polar surface area (TPSA) is 64.1 Å². The van der Waals surface area contributed by atoms with Gasteiger partial charge in [0, 0.05) is 28.0 Å². The Morgan fingerprint density at radius 1 is 1.00 bits per heavy atom. The van der Waals surface area contributed by atoms with Crippen LogP contribution in [0.15, 0.2) is 76.4 Å². The smallest absolute Gasteiger partial charge is 0.193 e. The van der Waals surface area contributed by atoms with Crippen LogP contribution in [0.3, 0.4) is 0 Å². The molecule has 1 heterocycles. The van der Waals surface area contributed by atoms with Gasteiger partial charge >= 0.3 is 0 Å². The quantitative estimate of drug-likeness (QED) is 0.478. The monoisotopic (exact) mass is 457 g/mol. The van der Waals surface area contributed by atoms with Gasteiger partial charge in [-0.1, -0.05) is 48.0 Å². The largest absolute Gasteiger partial charge is 0.289 e. The van der Waals surface area contributed by atoms with Gasteiger partial charge in [-0.3, -0.25) is 9.78 Å². The Labute approximate surface area is 173 Å². The molecule has 3 aromatic rings. The van der Waals surface area contributed by atoms with E-state index in [1.165, 1.54) is 12.4 Å². The van der Waals surface area contributed by atoms with Crippen LogP contribution in [0, 0.1) is 0 Å². The van der Waals surface area contributed by atoms with Gasteiger partial charge in [0.15, 0.2) is 15.6 Å². The van der Waals surface area contributed by atoms with Gasteiger partial charge in [-0.2, -0.15) is 0 Å². The van der Waals surface area contributed by atoms with E-state index in [0.717, 1.165) is 5.56 Å². The molecule has 4 nitrogen and oxygen atoms in total. The summed E-state index contributed by atoms with van der Waals surface area (Å²) in [5, 5.41) is 0. The molecule has 0 spiro atoms. The van der Waals surface area contributed by atoms with Crippen LogP contribution in [0.5, 0.6) is 0 Å². The fraction of sp³-hybridized carbons (Fsp3) is 0.182. The maximum absolute atomic E-state index is 12.9.